The summed E-state index contributed by atoms with van der Waals surface area (Å²) in [5.41, 5.74) is 9.37. The van der Waals surface area contributed by atoms with Crippen molar-refractivity contribution in [2.75, 3.05) is 5.73 Å². The summed E-state index contributed by atoms with van der Waals surface area (Å²) in [6, 6.07) is 8.70. The third kappa shape index (κ3) is 1.48. The van der Waals surface area contributed by atoms with Crippen LogP contribution in [0.1, 0.15) is 30.7 Å². The van der Waals surface area contributed by atoms with Crippen LogP contribution in [0.25, 0.3) is 11.1 Å². The van der Waals surface area contributed by atoms with Gasteiger partial charge in [-0.15, -0.1) is 0 Å². The molecule has 1 aromatic heterocycles. The van der Waals surface area contributed by atoms with Crippen molar-refractivity contribution >= 4 is 5.82 Å². The first-order valence-corrected chi connectivity index (χ1v) is 5.74. The molecule has 0 saturated heterocycles. The van der Waals surface area contributed by atoms with Crippen LogP contribution >= 0.6 is 0 Å². The monoisotopic (exact) mass is 213 g/mol. The zero-order chi connectivity index (χ0) is 11.0. The van der Waals surface area contributed by atoms with Crippen molar-refractivity contribution in [2.24, 2.45) is 0 Å². The highest BCUT2D eigenvalue weighted by molar-refractivity contribution is 5.73. The quantitative estimate of drug-likeness (QED) is 0.805. The third-order valence-electron chi connectivity index (χ3n) is 3.47. The maximum atomic E-state index is 5.79. The SMILES string of the molecule is Nc1[nH]ncc1-c1ccc(C2CCC2)cc1. The number of aromatic nitrogens is 2. The van der Waals surface area contributed by atoms with Gasteiger partial charge in [0.25, 0.3) is 0 Å². The predicted octanol–water partition coefficient (Wildman–Crippen LogP) is 2.93. The van der Waals surface area contributed by atoms with Crippen LogP contribution in [-0.4, -0.2) is 10.2 Å². The molecule has 0 unspecified atom stereocenters. The molecule has 3 N–H and O–H groups in total. The van der Waals surface area contributed by atoms with Crippen molar-refractivity contribution in [3.63, 3.8) is 0 Å². The molecule has 0 bridgehead atoms. The molecule has 1 aromatic carbocycles. The van der Waals surface area contributed by atoms with Gasteiger partial charge in [0.15, 0.2) is 0 Å². The van der Waals surface area contributed by atoms with Crippen LogP contribution in [0.5, 0.6) is 0 Å². The molecule has 1 aliphatic rings. The lowest BCUT2D eigenvalue weighted by Crippen LogP contribution is -2.08. The first kappa shape index (κ1) is 9.46. The second-order valence-electron chi connectivity index (χ2n) is 4.45. The summed E-state index contributed by atoms with van der Waals surface area (Å²) in [6.07, 6.45) is 5.83. The standard InChI is InChI=1S/C13H15N3/c14-13-12(8-15-16-13)11-6-4-10(5-7-11)9-2-1-3-9/h4-9H,1-3H2,(H3,14,15,16). The van der Waals surface area contributed by atoms with Crippen LogP contribution in [0.2, 0.25) is 0 Å². The van der Waals surface area contributed by atoms with E-state index in [1.54, 1.807) is 6.20 Å². The molecule has 1 saturated carbocycles. The van der Waals surface area contributed by atoms with Crippen molar-refractivity contribution in [3.8, 4) is 11.1 Å². The van der Waals surface area contributed by atoms with Gasteiger partial charge in [-0.25, -0.2) is 0 Å². The predicted molar refractivity (Wildman–Crippen MR) is 65.0 cm³/mol. The van der Waals surface area contributed by atoms with Crippen LogP contribution in [0, 0.1) is 0 Å². The van der Waals surface area contributed by atoms with E-state index >= 15 is 0 Å². The zero-order valence-electron chi connectivity index (χ0n) is 9.11. The summed E-state index contributed by atoms with van der Waals surface area (Å²) in [4.78, 5) is 0. The molecule has 3 nitrogen and oxygen atoms in total. The van der Waals surface area contributed by atoms with E-state index in [-0.39, 0.29) is 0 Å². The van der Waals surface area contributed by atoms with Crippen molar-refractivity contribution in [3.05, 3.63) is 36.0 Å². The average molecular weight is 213 g/mol. The van der Waals surface area contributed by atoms with Crippen LogP contribution in [-0.2, 0) is 0 Å². The Kier molecular flexibility index (Phi) is 2.17. The van der Waals surface area contributed by atoms with Crippen LogP contribution in [0.4, 0.5) is 5.82 Å². The Bertz CT molecular complexity index is 480. The molecule has 0 atom stereocenters. The van der Waals surface area contributed by atoms with E-state index < -0.39 is 0 Å². The van der Waals surface area contributed by atoms with Gasteiger partial charge in [-0.05, 0) is 29.9 Å². The Hall–Kier alpha value is -1.77. The van der Waals surface area contributed by atoms with E-state index in [0.717, 1.165) is 17.0 Å². The van der Waals surface area contributed by atoms with E-state index in [1.165, 1.54) is 24.8 Å². The first-order chi connectivity index (χ1) is 7.84. The number of nitrogens with two attached hydrogens (primary N) is 1. The largest absolute Gasteiger partial charge is 0.384 e. The van der Waals surface area contributed by atoms with Crippen molar-refractivity contribution in [2.45, 2.75) is 25.2 Å². The number of benzene rings is 1. The van der Waals surface area contributed by atoms with Gasteiger partial charge in [0, 0.05) is 5.56 Å². The molecule has 3 rings (SSSR count). The molecule has 0 aliphatic heterocycles. The fraction of sp³-hybridized carbons (Fsp3) is 0.308. The van der Waals surface area contributed by atoms with Gasteiger partial charge in [0.05, 0.1) is 6.20 Å². The minimum Gasteiger partial charge on any atom is -0.384 e. The number of nitrogens with zero attached hydrogens (tertiary/aromatic N) is 1. The summed E-state index contributed by atoms with van der Waals surface area (Å²) in [5.74, 6) is 1.42. The number of hydrogen-bond acceptors (Lipinski definition) is 2. The average Bonchev–Trinajstić information content (AvgIpc) is 2.63. The molecule has 1 fully saturated rings. The van der Waals surface area contributed by atoms with Crippen molar-refractivity contribution < 1.29 is 0 Å². The lowest BCUT2D eigenvalue weighted by atomic mass is 9.80. The molecular weight excluding hydrogens is 198 g/mol. The zero-order valence-corrected chi connectivity index (χ0v) is 9.11. The second kappa shape index (κ2) is 3.67. The van der Waals surface area contributed by atoms with E-state index in [1.807, 2.05) is 0 Å². The fourth-order valence-electron chi connectivity index (χ4n) is 2.20. The Morgan fingerprint density at radius 1 is 1.19 bits per heavy atom. The molecule has 1 aliphatic carbocycles. The number of rotatable bonds is 2. The molecule has 3 heteroatoms. The third-order valence-corrected chi connectivity index (χ3v) is 3.47. The molecule has 0 amide bonds. The topological polar surface area (TPSA) is 54.7 Å². The highest BCUT2D eigenvalue weighted by atomic mass is 15.1. The van der Waals surface area contributed by atoms with Crippen molar-refractivity contribution in [1.29, 1.82) is 0 Å². The van der Waals surface area contributed by atoms with E-state index in [4.69, 9.17) is 5.73 Å². The lowest BCUT2D eigenvalue weighted by molar-refractivity contribution is 0.420. The second-order valence-corrected chi connectivity index (χ2v) is 4.45. The van der Waals surface area contributed by atoms with Crippen LogP contribution < -0.4 is 5.73 Å². The van der Waals surface area contributed by atoms with Crippen molar-refractivity contribution in [1.82, 2.24) is 10.2 Å². The normalized spacial score (nSPS) is 16.0. The highest BCUT2D eigenvalue weighted by Gasteiger charge is 2.19. The van der Waals surface area contributed by atoms with Gasteiger partial charge in [0.1, 0.15) is 5.82 Å². The molecule has 0 radical (unpaired) electrons. The molecule has 0 spiro atoms. The first-order valence-electron chi connectivity index (χ1n) is 5.74. The summed E-state index contributed by atoms with van der Waals surface area (Å²) >= 11 is 0. The van der Waals surface area contributed by atoms with E-state index in [0.29, 0.717) is 5.82 Å². The smallest absolute Gasteiger partial charge is 0.126 e. The van der Waals surface area contributed by atoms with Gasteiger partial charge in [0.2, 0.25) is 0 Å². The Morgan fingerprint density at radius 2 is 1.94 bits per heavy atom. The summed E-state index contributed by atoms with van der Waals surface area (Å²) in [5, 5.41) is 6.69. The molecule has 82 valence electrons. The van der Waals surface area contributed by atoms with E-state index in [9.17, 15) is 0 Å². The highest BCUT2D eigenvalue weighted by Crippen LogP contribution is 2.37. The van der Waals surface area contributed by atoms with E-state index in [2.05, 4.69) is 34.5 Å². The Morgan fingerprint density at radius 3 is 2.44 bits per heavy atom. The van der Waals surface area contributed by atoms with Crippen LogP contribution in [0.15, 0.2) is 30.5 Å². The van der Waals surface area contributed by atoms with Gasteiger partial charge >= 0.3 is 0 Å². The van der Waals surface area contributed by atoms with Gasteiger partial charge in [-0.1, -0.05) is 30.7 Å². The molecular formula is C13H15N3. The summed E-state index contributed by atoms with van der Waals surface area (Å²) in [7, 11) is 0. The Labute approximate surface area is 94.7 Å². The number of aromatic amines is 1. The fourth-order valence-corrected chi connectivity index (χ4v) is 2.20. The number of hydrogen-bond donors (Lipinski definition) is 2. The molecule has 2 aromatic rings. The number of H-pyrrole nitrogens is 1. The summed E-state index contributed by atoms with van der Waals surface area (Å²) < 4.78 is 0. The minimum absolute atomic E-state index is 0.636. The lowest BCUT2D eigenvalue weighted by Gasteiger charge is -2.25. The minimum atomic E-state index is 0.636. The summed E-state index contributed by atoms with van der Waals surface area (Å²) in [6.45, 7) is 0. The maximum absolute atomic E-state index is 5.79. The van der Waals surface area contributed by atoms with Gasteiger partial charge < -0.3 is 5.73 Å². The molecule has 16 heavy (non-hydrogen) atoms. The number of nitrogen functional groups attached to an aromatic ring is 1. The van der Waals surface area contributed by atoms with Gasteiger partial charge in [-0.3, -0.25) is 5.10 Å². The van der Waals surface area contributed by atoms with Crippen LogP contribution in [0.3, 0.4) is 0 Å². The molecule has 1 heterocycles. The number of nitrogens with one attached hydrogen (secondary N) is 1. The maximum Gasteiger partial charge on any atom is 0.126 e. The van der Waals surface area contributed by atoms with Gasteiger partial charge in [-0.2, -0.15) is 5.10 Å². The Balaban J connectivity index is 1.90. The number of anilines is 1.